The molecule has 0 amide bonds. The molecule has 0 saturated carbocycles. The topological polar surface area (TPSA) is 23.5 Å². The van der Waals surface area contributed by atoms with Gasteiger partial charge < -0.3 is 10.0 Å². The fourth-order valence-corrected chi connectivity index (χ4v) is 2.42. The van der Waals surface area contributed by atoms with E-state index in [0.29, 0.717) is 0 Å². The van der Waals surface area contributed by atoms with Crippen molar-refractivity contribution in [2.24, 2.45) is 0 Å². The number of nitrogens with zero attached hydrogens (tertiary/aromatic N) is 1. The van der Waals surface area contributed by atoms with Gasteiger partial charge in [0.1, 0.15) is 5.75 Å². The molecule has 0 radical (unpaired) electrons. The highest BCUT2D eigenvalue weighted by Crippen LogP contribution is 2.39. The largest absolute Gasteiger partial charge is 0.506 e. The maximum Gasteiger partial charge on any atom is 0.139 e. The molecule has 0 unspecified atom stereocenters. The number of hydrogen-bond acceptors (Lipinski definition) is 2. The van der Waals surface area contributed by atoms with E-state index in [1.54, 1.807) is 6.07 Å². The van der Waals surface area contributed by atoms with E-state index in [9.17, 15) is 5.11 Å². The smallest absolute Gasteiger partial charge is 0.139 e. The van der Waals surface area contributed by atoms with Gasteiger partial charge >= 0.3 is 0 Å². The van der Waals surface area contributed by atoms with Crippen LogP contribution in [0.25, 0.3) is 0 Å². The van der Waals surface area contributed by atoms with Crippen LogP contribution in [0, 0.1) is 6.92 Å². The zero-order valence-electron chi connectivity index (χ0n) is 11.9. The highest BCUT2D eigenvalue weighted by molar-refractivity contribution is 5.79. The van der Waals surface area contributed by atoms with Gasteiger partial charge in [0.2, 0.25) is 0 Å². The van der Waals surface area contributed by atoms with Crippen LogP contribution in [0.1, 0.15) is 5.56 Å². The van der Waals surface area contributed by atoms with Crippen molar-refractivity contribution < 1.29 is 5.11 Å². The second-order valence-corrected chi connectivity index (χ2v) is 5.00. The van der Waals surface area contributed by atoms with E-state index < -0.39 is 0 Å². The van der Waals surface area contributed by atoms with Crippen molar-refractivity contribution in [1.29, 1.82) is 0 Å². The van der Waals surface area contributed by atoms with Gasteiger partial charge in [-0.1, -0.05) is 42.5 Å². The SMILES string of the molecule is Cc1cccc(N(c2ccccc2)c2ccccc2O)c1. The summed E-state index contributed by atoms with van der Waals surface area (Å²) in [6.45, 7) is 2.07. The average molecular weight is 275 g/mol. The third-order valence-electron chi connectivity index (χ3n) is 3.40. The Kier molecular flexibility index (Phi) is 3.61. The van der Waals surface area contributed by atoms with Gasteiger partial charge in [0.05, 0.1) is 5.69 Å². The van der Waals surface area contributed by atoms with Gasteiger partial charge in [-0.15, -0.1) is 0 Å². The molecule has 1 N–H and O–H groups in total. The summed E-state index contributed by atoms with van der Waals surface area (Å²) >= 11 is 0. The van der Waals surface area contributed by atoms with E-state index >= 15 is 0 Å². The van der Waals surface area contributed by atoms with Crippen LogP contribution in [0.15, 0.2) is 78.9 Å². The van der Waals surface area contributed by atoms with Crippen LogP contribution < -0.4 is 4.90 Å². The van der Waals surface area contributed by atoms with E-state index in [4.69, 9.17) is 0 Å². The van der Waals surface area contributed by atoms with Gasteiger partial charge in [-0.25, -0.2) is 0 Å². The minimum atomic E-state index is 0.267. The summed E-state index contributed by atoms with van der Waals surface area (Å²) in [7, 11) is 0. The lowest BCUT2D eigenvalue weighted by molar-refractivity contribution is 0.476. The summed E-state index contributed by atoms with van der Waals surface area (Å²) in [4.78, 5) is 2.06. The zero-order valence-corrected chi connectivity index (χ0v) is 11.9. The predicted octanol–water partition coefficient (Wildman–Crippen LogP) is 5.17. The number of rotatable bonds is 3. The first-order valence-corrected chi connectivity index (χ1v) is 6.95. The highest BCUT2D eigenvalue weighted by atomic mass is 16.3. The molecule has 0 bridgehead atoms. The molecule has 0 heterocycles. The Bertz CT molecular complexity index is 737. The number of para-hydroxylation sites is 3. The molecule has 0 aromatic heterocycles. The van der Waals surface area contributed by atoms with Crippen molar-refractivity contribution in [1.82, 2.24) is 0 Å². The summed E-state index contributed by atoms with van der Waals surface area (Å²) in [6, 6.07) is 25.7. The molecule has 104 valence electrons. The molecule has 0 fully saturated rings. The molecule has 2 heteroatoms. The van der Waals surface area contributed by atoms with Gasteiger partial charge in [-0.2, -0.15) is 0 Å². The van der Waals surface area contributed by atoms with Gasteiger partial charge in [0.25, 0.3) is 0 Å². The van der Waals surface area contributed by atoms with Crippen LogP contribution in [0.3, 0.4) is 0 Å². The van der Waals surface area contributed by atoms with Gasteiger partial charge in [0.15, 0.2) is 0 Å². The lowest BCUT2D eigenvalue weighted by Crippen LogP contribution is -2.10. The standard InChI is InChI=1S/C19H17NO/c1-15-8-7-11-17(14-15)20(16-9-3-2-4-10-16)18-12-5-6-13-19(18)21/h2-14,21H,1H3. The molecule has 0 aliphatic heterocycles. The van der Waals surface area contributed by atoms with Crippen LogP contribution >= 0.6 is 0 Å². The number of benzene rings is 3. The number of aryl methyl sites for hydroxylation is 1. The quantitative estimate of drug-likeness (QED) is 0.712. The predicted molar refractivity (Wildman–Crippen MR) is 87.5 cm³/mol. The van der Waals surface area contributed by atoms with Gasteiger partial charge in [-0.3, -0.25) is 0 Å². The molecular weight excluding hydrogens is 258 g/mol. The van der Waals surface area contributed by atoms with E-state index in [0.717, 1.165) is 17.1 Å². The average Bonchev–Trinajstić information content (AvgIpc) is 2.51. The molecule has 2 nitrogen and oxygen atoms in total. The molecule has 3 rings (SSSR count). The minimum absolute atomic E-state index is 0.267. The highest BCUT2D eigenvalue weighted by Gasteiger charge is 2.14. The van der Waals surface area contributed by atoms with Gasteiger partial charge in [-0.05, 0) is 48.9 Å². The molecule has 0 spiro atoms. The van der Waals surface area contributed by atoms with Crippen LogP contribution in [-0.4, -0.2) is 5.11 Å². The Morgan fingerprint density at radius 3 is 2.10 bits per heavy atom. The molecule has 0 aliphatic carbocycles. The van der Waals surface area contributed by atoms with Crippen LogP contribution in [-0.2, 0) is 0 Å². The molecule has 0 atom stereocenters. The van der Waals surface area contributed by atoms with Crippen molar-refractivity contribution in [3.8, 4) is 5.75 Å². The number of anilines is 3. The van der Waals surface area contributed by atoms with Crippen molar-refractivity contribution >= 4 is 17.1 Å². The minimum Gasteiger partial charge on any atom is -0.506 e. The van der Waals surface area contributed by atoms with E-state index in [1.807, 2.05) is 60.7 Å². The molecule has 3 aromatic rings. The molecule has 21 heavy (non-hydrogen) atoms. The van der Waals surface area contributed by atoms with Gasteiger partial charge in [0, 0.05) is 11.4 Å². The van der Waals surface area contributed by atoms with Crippen molar-refractivity contribution in [2.45, 2.75) is 6.92 Å². The maximum atomic E-state index is 10.2. The molecule has 0 aliphatic rings. The zero-order chi connectivity index (χ0) is 14.7. The first kappa shape index (κ1) is 13.3. The number of phenolic OH excluding ortho intramolecular Hbond substituents is 1. The molecule has 3 aromatic carbocycles. The summed E-state index contributed by atoms with van der Waals surface area (Å²) in [5.74, 6) is 0.267. The van der Waals surface area contributed by atoms with Crippen molar-refractivity contribution in [3.63, 3.8) is 0 Å². The second-order valence-electron chi connectivity index (χ2n) is 5.00. The van der Waals surface area contributed by atoms with Crippen molar-refractivity contribution in [2.75, 3.05) is 4.90 Å². The van der Waals surface area contributed by atoms with Crippen molar-refractivity contribution in [3.05, 3.63) is 84.4 Å². The lowest BCUT2D eigenvalue weighted by atomic mass is 10.1. The summed E-state index contributed by atoms with van der Waals surface area (Å²) in [5.41, 5.74) is 4.01. The Hall–Kier alpha value is -2.74. The number of phenols is 1. The first-order valence-electron chi connectivity index (χ1n) is 6.95. The molecule has 0 saturated heterocycles. The number of aromatic hydroxyl groups is 1. The van der Waals surface area contributed by atoms with Crippen LogP contribution in [0.2, 0.25) is 0 Å². The normalized spacial score (nSPS) is 10.3. The first-order chi connectivity index (χ1) is 10.3. The Morgan fingerprint density at radius 2 is 1.38 bits per heavy atom. The third kappa shape index (κ3) is 2.75. The molecular formula is C19H17NO. The Labute approximate surface area is 124 Å². The Morgan fingerprint density at radius 1 is 0.714 bits per heavy atom. The lowest BCUT2D eigenvalue weighted by Gasteiger charge is -2.26. The monoisotopic (exact) mass is 275 g/mol. The van der Waals surface area contributed by atoms with E-state index in [2.05, 4.69) is 24.0 Å². The fourth-order valence-electron chi connectivity index (χ4n) is 2.42. The van der Waals surface area contributed by atoms with E-state index in [-0.39, 0.29) is 5.75 Å². The van der Waals surface area contributed by atoms with Crippen LogP contribution in [0.5, 0.6) is 5.75 Å². The maximum absolute atomic E-state index is 10.2. The summed E-state index contributed by atoms with van der Waals surface area (Å²) in [5, 5.41) is 10.2. The summed E-state index contributed by atoms with van der Waals surface area (Å²) in [6.07, 6.45) is 0. The summed E-state index contributed by atoms with van der Waals surface area (Å²) < 4.78 is 0. The Balaban J connectivity index is 2.19. The number of hydrogen-bond donors (Lipinski definition) is 1. The van der Waals surface area contributed by atoms with E-state index in [1.165, 1.54) is 5.56 Å². The second kappa shape index (κ2) is 5.71. The van der Waals surface area contributed by atoms with Crippen LogP contribution in [0.4, 0.5) is 17.1 Å². The fraction of sp³-hybridized carbons (Fsp3) is 0.0526. The third-order valence-corrected chi connectivity index (χ3v) is 3.40.